The first-order valence-corrected chi connectivity index (χ1v) is 11.9. The van der Waals surface area contributed by atoms with Crippen LogP contribution in [-0.2, 0) is 16.1 Å². The number of benzene rings is 3. The van der Waals surface area contributed by atoms with Crippen molar-refractivity contribution in [3.63, 3.8) is 0 Å². The fraction of sp³-hybridized carbons (Fsp3) is 0.103. The van der Waals surface area contributed by atoms with Crippen LogP contribution in [0.5, 0.6) is 0 Å². The minimum Gasteiger partial charge on any atom is -0.467 e. The molecule has 9 heteroatoms. The molecule has 0 saturated carbocycles. The van der Waals surface area contributed by atoms with Crippen LogP contribution in [-0.4, -0.2) is 35.5 Å². The molecule has 1 N–H and O–H groups in total. The van der Waals surface area contributed by atoms with Crippen LogP contribution in [0.25, 0.3) is 11.1 Å². The number of rotatable bonds is 6. The lowest BCUT2D eigenvalue weighted by Gasteiger charge is -2.14. The van der Waals surface area contributed by atoms with Crippen molar-refractivity contribution in [2.24, 2.45) is 0 Å². The average Bonchev–Trinajstić information content (AvgIpc) is 3.62. The molecule has 38 heavy (non-hydrogen) atoms. The molecular formula is C29H20N2O7. The monoisotopic (exact) mass is 508 g/mol. The van der Waals surface area contributed by atoms with E-state index in [0.717, 1.165) is 28.5 Å². The van der Waals surface area contributed by atoms with E-state index in [0.29, 0.717) is 5.06 Å². The van der Waals surface area contributed by atoms with Crippen LogP contribution in [0.15, 0.2) is 89.5 Å². The number of nitrogens with one attached hydrogen (secondary N) is 1. The summed E-state index contributed by atoms with van der Waals surface area (Å²) in [5, 5.41) is 3.02. The molecule has 2 aliphatic rings. The van der Waals surface area contributed by atoms with Gasteiger partial charge in [0.1, 0.15) is 24.2 Å². The van der Waals surface area contributed by atoms with Crippen LogP contribution < -0.4 is 5.32 Å². The largest absolute Gasteiger partial charge is 0.467 e. The van der Waals surface area contributed by atoms with Gasteiger partial charge in [-0.15, -0.1) is 0 Å². The summed E-state index contributed by atoms with van der Waals surface area (Å²) < 4.78 is 10.8. The van der Waals surface area contributed by atoms with Crippen molar-refractivity contribution in [3.8, 4) is 11.1 Å². The first-order valence-electron chi connectivity index (χ1n) is 11.9. The smallest absolute Gasteiger partial charge is 0.407 e. The van der Waals surface area contributed by atoms with Gasteiger partial charge >= 0.3 is 12.1 Å². The number of carbonyl (C=O) groups is 4. The van der Waals surface area contributed by atoms with E-state index in [1.807, 2.05) is 36.4 Å². The Bertz CT molecular complexity index is 1530. The van der Waals surface area contributed by atoms with E-state index < -0.39 is 23.9 Å². The molecule has 1 aliphatic heterocycles. The van der Waals surface area contributed by atoms with E-state index in [2.05, 4.69) is 17.4 Å². The second-order valence-corrected chi connectivity index (χ2v) is 8.81. The number of hydroxylamine groups is 2. The summed E-state index contributed by atoms with van der Waals surface area (Å²) in [6.45, 7) is 0.118. The third-order valence-electron chi connectivity index (χ3n) is 6.57. The number of hydrogen-bond donors (Lipinski definition) is 1. The number of furan rings is 1. The van der Waals surface area contributed by atoms with E-state index in [9.17, 15) is 19.2 Å². The van der Waals surface area contributed by atoms with Crippen molar-refractivity contribution in [1.82, 2.24) is 10.4 Å². The molecule has 0 saturated heterocycles. The van der Waals surface area contributed by atoms with Gasteiger partial charge in [-0.2, -0.15) is 0 Å². The molecule has 0 spiro atoms. The molecule has 1 aliphatic carbocycles. The number of alkyl carbamates (subject to hydrolysis) is 1. The highest BCUT2D eigenvalue weighted by molar-refractivity contribution is 6.21. The van der Waals surface area contributed by atoms with Gasteiger partial charge in [-0.1, -0.05) is 65.7 Å². The number of hydrogen-bond acceptors (Lipinski definition) is 7. The van der Waals surface area contributed by atoms with Crippen molar-refractivity contribution in [1.29, 1.82) is 0 Å². The first kappa shape index (κ1) is 23.2. The molecule has 1 aromatic heterocycles. The Morgan fingerprint density at radius 2 is 1.37 bits per heavy atom. The maximum Gasteiger partial charge on any atom is 0.407 e. The lowest BCUT2D eigenvalue weighted by atomic mass is 9.98. The SMILES string of the molecule is O=C(NCc1cc(C(=O)ON2C(=O)c3ccccc3C2=O)co1)OCC1c2ccccc2-c2ccccc21. The van der Waals surface area contributed by atoms with Gasteiger partial charge < -0.3 is 19.3 Å². The summed E-state index contributed by atoms with van der Waals surface area (Å²) in [7, 11) is 0. The van der Waals surface area contributed by atoms with Gasteiger partial charge in [0.2, 0.25) is 0 Å². The topological polar surface area (TPSA) is 115 Å². The van der Waals surface area contributed by atoms with Crippen LogP contribution in [0, 0.1) is 0 Å². The van der Waals surface area contributed by atoms with Crippen molar-refractivity contribution in [2.45, 2.75) is 12.5 Å². The Hall–Kier alpha value is -5.18. The van der Waals surface area contributed by atoms with Crippen molar-refractivity contribution in [2.75, 3.05) is 6.61 Å². The number of ether oxygens (including phenoxy) is 1. The maximum absolute atomic E-state index is 12.5. The summed E-state index contributed by atoms with van der Waals surface area (Å²) >= 11 is 0. The predicted octanol–water partition coefficient (Wildman–Crippen LogP) is 4.69. The zero-order valence-corrected chi connectivity index (χ0v) is 19.9. The molecule has 0 unspecified atom stereocenters. The number of nitrogens with zero attached hydrogens (tertiary/aromatic N) is 1. The molecule has 4 aromatic rings. The van der Waals surface area contributed by atoms with Gasteiger partial charge in [-0.25, -0.2) is 9.59 Å². The van der Waals surface area contributed by atoms with Gasteiger partial charge in [0.25, 0.3) is 11.8 Å². The molecule has 3 aromatic carbocycles. The Kier molecular flexibility index (Phi) is 5.72. The highest BCUT2D eigenvalue weighted by Gasteiger charge is 2.39. The zero-order chi connectivity index (χ0) is 26.2. The molecule has 188 valence electrons. The van der Waals surface area contributed by atoms with Crippen LogP contribution in [0.2, 0.25) is 0 Å². The molecule has 0 bridgehead atoms. The third-order valence-corrected chi connectivity index (χ3v) is 6.57. The normalized spacial score (nSPS) is 13.6. The van der Waals surface area contributed by atoms with Crippen molar-refractivity contribution < 1.29 is 33.2 Å². The summed E-state index contributed by atoms with van der Waals surface area (Å²) in [6.07, 6.45) is 0.480. The summed E-state index contributed by atoms with van der Waals surface area (Å²) in [6, 6.07) is 23.6. The Balaban J connectivity index is 1.04. The van der Waals surface area contributed by atoms with Gasteiger partial charge in [0.05, 0.1) is 17.7 Å². The summed E-state index contributed by atoms with van der Waals surface area (Å²) in [4.78, 5) is 54.7. The second kappa shape index (κ2) is 9.36. The van der Waals surface area contributed by atoms with Gasteiger partial charge in [-0.05, 0) is 40.5 Å². The Morgan fingerprint density at radius 1 is 0.816 bits per heavy atom. The number of imide groups is 1. The van der Waals surface area contributed by atoms with Crippen LogP contribution in [0.1, 0.15) is 53.9 Å². The molecule has 9 nitrogen and oxygen atoms in total. The first-order chi connectivity index (χ1) is 18.5. The van der Waals surface area contributed by atoms with Crippen LogP contribution >= 0.6 is 0 Å². The molecule has 0 radical (unpaired) electrons. The van der Waals surface area contributed by atoms with E-state index in [1.165, 1.54) is 18.2 Å². The second-order valence-electron chi connectivity index (χ2n) is 8.81. The van der Waals surface area contributed by atoms with Crippen molar-refractivity contribution in [3.05, 3.63) is 119 Å². The zero-order valence-electron chi connectivity index (χ0n) is 19.9. The number of amides is 3. The third kappa shape index (κ3) is 4.00. The molecular weight excluding hydrogens is 488 g/mol. The Morgan fingerprint density at radius 3 is 1.97 bits per heavy atom. The highest BCUT2D eigenvalue weighted by Crippen LogP contribution is 2.44. The maximum atomic E-state index is 12.5. The van der Waals surface area contributed by atoms with Crippen LogP contribution in [0.4, 0.5) is 4.79 Å². The van der Waals surface area contributed by atoms with E-state index in [4.69, 9.17) is 14.0 Å². The standard InChI is InChI=1S/C29H20N2O7/c32-26-23-11-5-6-12-24(23)27(33)31(26)38-28(34)17-13-18(36-15-17)14-30-29(35)37-16-25-21-9-3-1-7-19(21)20-8-2-4-10-22(20)25/h1-13,15,25H,14,16H2,(H,30,35). The summed E-state index contributed by atoms with van der Waals surface area (Å²) in [5.41, 5.74) is 4.77. The van der Waals surface area contributed by atoms with Crippen molar-refractivity contribution >= 4 is 23.9 Å². The number of fused-ring (bicyclic) bond motifs is 4. The predicted molar refractivity (Wildman–Crippen MR) is 133 cm³/mol. The fourth-order valence-corrected chi connectivity index (χ4v) is 4.77. The molecule has 0 fully saturated rings. The van der Waals surface area contributed by atoms with E-state index in [-0.39, 0.29) is 41.5 Å². The van der Waals surface area contributed by atoms with Gasteiger partial charge in [0, 0.05) is 5.92 Å². The minimum atomic E-state index is -0.948. The molecule has 6 rings (SSSR count). The Labute approximate surface area is 216 Å². The quantitative estimate of drug-likeness (QED) is 0.376. The van der Waals surface area contributed by atoms with E-state index in [1.54, 1.807) is 12.1 Å². The molecule has 2 heterocycles. The molecule has 3 amide bonds. The highest BCUT2D eigenvalue weighted by atomic mass is 16.7. The van der Waals surface area contributed by atoms with E-state index >= 15 is 0 Å². The van der Waals surface area contributed by atoms with Gasteiger partial charge in [-0.3, -0.25) is 9.59 Å². The number of carbonyl (C=O) groups excluding carboxylic acids is 4. The summed E-state index contributed by atoms with van der Waals surface area (Å²) in [5.74, 6) is -2.21. The fourth-order valence-electron chi connectivity index (χ4n) is 4.77. The van der Waals surface area contributed by atoms with Gasteiger partial charge in [0.15, 0.2) is 0 Å². The lowest BCUT2D eigenvalue weighted by Crippen LogP contribution is -2.32. The lowest BCUT2D eigenvalue weighted by molar-refractivity contribution is -0.0585. The minimum absolute atomic E-state index is 0.0223. The molecule has 0 atom stereocenters. The average molecular weight is 508 g/mol. The van der Waals surface area contributed by atoms with Crippen LogP contribution in [0.3, 0.4) is 0 Å².